The van der Waals surface area contributed by atoms with Crippen molar-refractivity contribution in [2.75, 3.05) is 26.9 Å². The zero-order chi connectivity index (χ0) is 36.6. The van der Waals surface area contributed by atoms with Crippen molar-refractivity contribution in [3.63, 3.8) is 0 Å². The second kappa shape index (κ2) is 19.6. The Kier molecular flexibility index (Phi) is 16.4. The summed E-state index contributed by atoms with van der Waals surface area (Å²) in [4.78, 5) is 69.7. The molecule has 2 aromatic rings. The first kappa shape index (κ1) is 40.9. The van der Waals surface area contributed by atoms with Gasteiger partial charge in [0.15, 0.2) is 14.4 Å². The van der Waals surface area contributed by atoms with Gasteiger partial charge in [-0.3, -0.25) is 19.2 Å². The molecule has 0 aliphatic rings. The molecule has 0 radical (unpaired) electrons. The molecular formula is C32H47N7O8SSi. The highest BCUT2D eigenvalue weighted by Gasteiger charge is 2.39. The Morgan fingerprint density at radius 2 is 1.71 bits per heavy atom. The number of amides is 3. The van der Waals surface area contributed by atoms with Crippen LogP contribution in [-0.4, -0.2) is 81.9 Å². The number of ether oxygens (including phenoxy) is 2. The van der Waals surface area contributed by atoms with Crippen molar-refractivity contribution in [3.05, 3.63) is 51.3 Å². The molecule has 1 aromatic heterocycles. The maximum atomic E-state index is 13.4. The molecule has 1 aromatic carbocycles. The van der Waals surface area contributed by atoms with Crippen molar-refractivity contribution in [1.82, 2.24) is 20.9 Å². The fourth-order valence-corrected chi connectivity index (χ4v) is 5.78. The van der Waals surface area contributed by atoms with Crippen LogP contribution in [-0.2, 0) is 39.6 Å². The number of unbranched alkanes of at least 4 members (excludes halogenated alkanes) is 2. The summed E-state index contributed by atoms with van der Waals surface area (Å²) in [5, 5.41) is 13.5. The van der Waals surface area contributed by atoms with E-state index in [9.17, 15) is 24.0 Å². The van der Waals surface area contributed by atoms with Crippen LogP contribution in [0.15, 0.2) is 34.8 Å². The van der Waals surface area contributed by atoms with Crippen molar-refractivity contribution in [2.45, 2.75) is 90.1 Å². The molecule has 0 aliphatic carbocycles. The van der Waals surface area contributed by atoms with Gasteiger partial charge in [-0.1, -0.05) is 56.6 Å². The summed E-state index contributed by atoms with van der Waals surface area (Å²) in [5.41, 5.74) is 10.0. The van der Waals surface area contributed by atoms with E-state index in [0.717, 1.165) is 31.1 Å². The van der Waals surface area contributed by atoms with Crippen molar-refractivity contribution < 1.29 is 37.9 Å². The number of carbonyl (C=O) groups is 5. The molecule has 0 saturated heterocycles. The minimum absolute atomic E-state index is 0.0599. The van der Waals surface area contributed by atoms with Crippen LogP contribution in [0.2, 0.25) is 18.1 Å². The Morgan fingerprint density at radius 1 is 1.02 bits per heavy atom. The zero-order valence-electron chi connectivity index (χ0n) is 29.2. The molecule has 2 rings (SSSR count). The molecule has 49 heavy (non-hydrogen) atoms. The number of thiazole rings is 1. The summed E-state index contributed by atoms with van der Waals surface area (Å²) in [7, 11) is -1.21. The van der Waals surface area contributed by atoms with Gasteiger partial charge in [-0.15, -0.1) is 11.3 Å². The first-order valence-electron chi connectivity index (χ1n) is 15.9. The zero-order valence-corrected chi connectivity index (χ0v) is 31.0. The van der Waals surface area contributed by atoms with Gasteiger partial charge >= 0.3 is 11.9 Å². The average molecular weight is 718 g/mol. The number of methoxy groups -OCH3 is 1. The molecule has 0 spiro atoms. The van der Waals surface area contributed by atoms with Crippen LogP contribution in [0.5, 0.6) is 0 Å². The van der Waals surface area contributed by atoms with Gasteiger partial charge in [-0.05, 0) is 42.1 Å². The molecule has 0 saturated carbocycles. The van der Waals surface area contributed by atoms with Crippen LogP contribution in [0.3, 0.4) is 0 Å². The highest BCUT2D eigenvalue weighted by molar-refractivity contribution is 7.13. The molecule has 0 aliphatic heterocycles. The van der Waals surface area contributed by atoms with Gasteiger partial charge in [0.1, 0.15) is 23.4 Å². The van der Waals surface area contributed by atoms with Gasteiger partial charge in [-0.2, -0.15) is 0 Å². The van der Waals surface area contributed by atoms with E-state index in [1.165, 1.54) is 18.3 Å². The summed E-state index contributed by atoms with van der Waals surface area (Å²) in [6, 6.07) is 4.92. The number of hydrogen-bond acceptors (Lipinski definition) is 11. The number of aromatic nitrogens is 1. The first-order chi connectivity index (χ1) is 23.1. The van der Waals surface area contributed by atoms with Crippen LogP contribution < -0.4 is 16.0 Å². The monoisotopic (exact) mass is 717 g/mol. The van der Waals surface area contributed by atoms with Crippen molar-refractivity contribution in [1.29, 1.82) is 0 Å². The quantitative estimate of drug-likeness (QED) is 0.0461. The van der Waals surface area contributed by atoms with Crippen LogP contribution >= 0.6 is 11.3 Å². The molecule has 0 bridgehead atoms. The van der Waals surface area contributed by atoms with Crippen molar-refractivity contribution in [3.8, 4) is 10.6 Å². The number of nitrogens with zero attached hydrogens (tertiary/aromatic N) is 4. The highest BCUT2D eigenvalue weighted by Crippen LogP contribution is 2.36. The topological polar surface area (TPSA) is 211 Å². The molecule has 3 amide bonds. The van der Waals surface area contributed by atoms with Crippen molar-refractivity contribution >= 4 is 49.3 Å². The fourth-order valence-electron chi connectivity index (χ4n) is 3.96. The van der Waals surface area contributed by atoms with Gasteiger partial charge in [-0.25, -0.2) is 9.78 Å². The van der Waals surface area contributed by atoms with Crippen LogP contribution in [0, 0.1) is 0 Å². The Hall–Kier alpha value is -4.31. The van der Waals surface area contributed by atoms with E-state index < -0.39 is 50.8 Å². The van der Waals surface area contributed by atoms with Crippen LogP contribution in [0.4, 0.5) is 0 Å². The van der Waals surface area contributed by atoms with Gasteiger partial charge in [0.05, 0.1) is 13.7 Å². The van der Waals surface area contributed by atoms with Gasteiger partial charge < -0.3 is 29.9 Å². The number of rotatable bonds is 19. The lowest BCUT2D eigenvalue weighted by Gasteiger charge is -2.37. The third-order valence-electron chi connectivity index (χ3n) is 7.95. The van der Waals surface area contributed by atoms with E-state index in [0.29, 0.717) is 30.9 Å². The Balaban J connectivity index is 2.09. The van der Waals surface area contributed by atoms with Gasteiger partial charge in [0, 0.05) is 42.3 Å². The molecule has 15 nitrogen and oxygen atoms in total. The molecule has 3 N–H and O–H groups in total. The fraction of sp³-hybridized carbons (Fsp3) is 0.562. The minimum Gasteiger partial charge on any atom is -0.467 e. The smallest absolute Gasteiger partial charge is 0.331 e. The van der Waals surface area contributed by atoms with E-state index >= 15 is 0 Å². The van der Waals surface area contributed by atoms with E-state index in [1.807, 2.05) is 58.1 Å². The number of esters is 2. The third kappa shape index (κ3) is 14.0. The molecule has 268 valence electrons. The van der Waals surface area contributed by atoms with Gasteiger partial charge in [0.2, 0.25) is 11.8 Å². The standard InChI is InChI=1S/C32H47N7O8SSi/c1-21(40)46-18-25(31(44)45-5)37-28(42)24(19-47-49(6,7)32(2,3)4)36-29(43)26-20-48-30(38-26)23-14-12-22(13-15-23)17-34-27(41)11-9-8-10-16-35-39-33/h12-15,20,24-25H,8-11,16-19H2,1-7H3,(H,34,41)(H,36,43)(H,37,42)/t24-,25-/m0/s1. The molecule has 2 atom stereocenters. The SMILES string of the molecule is COC(=O)[C@H](COC(C)=O)NC(=O)[C@H](CO[Si](C)(C)C(C)(C)C)NC(=O)c1csc(-c2ccc(CNC(=O)CCCCCN=[N+]=[N-])cc2)n1. The van der Waals surface area contributed by atoms with Gasteiger partial charge in [0.25, 0.3) is 5.91 Å². The molecular weight excluding hydrogens is 671 g/mol. The maximum Gasteiger partial charge on any atom is 0.331 e. The first-order valence-corrected chi connectivity index (χ1v) is 19.7. The Labute approximate surface area is 291 Å². The minimum atomic E-state index is -2.35. The lowest BCUT2D eigenvalue weighted by atomic mass is 10.1. The normalized spacial score (nSPS) is 12.6. The molecule has 17 heteroatoms. The van der Waals surface area contributed by atoms with E-state index in [-0.39, 0.29) is 23.2 Å². The summed E-state index contributed by atoms with van der Waals surface area (Å²) in [5.74, 6) is -2.86. The second-order valence-electron chi connectivity index (χ2n) is 12.8. The summed E-state index contributed by atoms with van der Waals surface area (Å²) in [6.07, 6.45) is 2.66. The summed E-state index contributed by atoms with van der Waals surface area (Å²) < 4.78 is 15.9. The van der Waals surface area contributed by atoms with Crippen LogP contribution in [0.1, 0.15) is 69.4 Å². The van der Waals surface area contributed by atoms with E-state index in [2.05, 4.69) is 31.0 Å². The summed E-state index contributed by atoms with van der Waals surface area (Å²) in [6.45, 7) is 11.5. The Morgan fingerprint density at radius 3 is 2.33 bits per heavy atom. The molecule has 1 heterocycles. The number of benzene rings is 1. The predicted molar refractivity (Wildman–Crippen MR) is 187 cm³/mol. The largest absolute Gasteiger partial charge is 0.467 e. The number of hydrogen-bond donors (Lipinski definition) is 3. The molecule has 0 unspecified atom stereocenters. The average Bonchev–Trinajstić information content (AvgIpc) is 3.55. The molecule has 0 fully saturated rings. The van der Waals surface area contributed by atoms with Crippen molar-refractivity contribution in [2.24, 2.45) is 5.11 Å². The highest BCUT2D eigenvalue weighted by atomic mass is 32.1. The number of azide groups is 1. The number of nitrogens with one attached hydrogen (secondary N) is 3. The lowest BCUT2D eigenvalue weighted by molar-refractivity contribution is -0.151. The number of carbonyl (C=O) groups excluding carboxylic acids is 5. The lowest BCUT2D eigenvalue weighted by Crippen LogP contribution is -2.56. The second-order valence-corrected chi connectivity index (χ2v) is 18.4. The maximum absolute atomic E-state index is 13.4. The third-order valence-corrected chi connectivity index (χ3v) is 13.3. The van der Waals surface area contributed by atoms with Crippen LogP contribution in [0.25, 0.3) is 21.0 Å². The predicted octanol–water partition coefficient (Wildman–Crippen LogP) is 4.64. The Bertz CT molecular complexity index is 1490. The van der Waals surface area contributed by atoms with E-state index in [1.54, 1.807) is 5.38 Å². The summed E-state index contributed by atoms with van der Waals surface area (Å²) >= 11 is 1.25. The van der Waals surface area contributed by atoms with E-state index in [4.69, 9.17) is 19.4 Å².